The van der Waals surface area contributed by atoms with Gasteiger partial charge in [-0.05, 0) is 25.3 Å². The van der Waals surface area contributed by atoms with E-state index in [-0.39, 0.29) is 17.2 Å². The van der Waals surface area contributed by atoms with Crippen LogP contribution in [-0.4, -0.2) is 17.3 Å². The normalized spacial score (nSPS) is 17.9. The first-order valence-electron chi connectivity index (χ1n) is 5.20. The van der Waals surface area contributed by atoms with Crippen molar-refractivity contribution in [1.82, 2.24) is 0 Å². The molecule has 0 spiro atoms. The predicted molar refractivity (Wildman–Crippen MR) is 63.1 cm³/mol. The number of rotatable bonds is 3. The number of hydrogen-bond acceptors (Lipinski definition) is 3. The van der Waals surface area contributed by atoms with Gasteiger partial charge in [-0.25, -0.2) is 4.39 Å². The van der Waals surface area contributed by atoms with Crippen LogP contribution in [0, 0.1) is 5.82 Å². The quantitative estimate of drug-likeness (QED) is 0.716. The van der Waals surface area contributed by atoms with Crippen molar-refractivity contribution in [2.75, 3.05) is 17.7 Å². The Morgan fingerprint density at radius 1 is 1.50 bits per heavy atom. The molecule has 16 heavy (non-hydrogen) atoms. The SMILES string of the molecule is Nc1cc(F)c(Cl)cc1NC1(CO)CCC1. The smallest absolute Gasteiger partial charge is 0.143 e. The highest BCUT2D eigenvalue weighted by molar-refractivity contribution is 6.31. The maximum Gasteiger partial charge on any atom is 0.143 e. The van der Waals surface area contributed by atoms with Crippen molar-refractivity contribution in [3.63, 3.8) is 0 Å². The lowest BCUT2D eigenvalue weighted by Crippen LogP contribution is -2.48. The van der Waals surface area contributed by atoms with Crippen molar-refractivity contribution in [3.8, 4) is 0 Å². The molecule has 0 aliphatic heterocycles. The summed E-state index contributed by atoms with van der Waals surface area (Å²) in [4.78, 5) is 0. The number of aliphatic hydroxyl groups excluding tert-OH is 1. The van der Waals surface area contributed by atoms with Crippen molar-refractivity contribution in [1.29, 1.82) is 0 Å². The van der Waals surface area contributed by atoms with Crippen LogP contribution in [0.25, 0.3) is 0 Å². The number of benzene rings is 1. The molecule has 5 heteroatoms. The maximum atomic E-state index is 13.1. The van der Waals surface area contributed by atoms with E-state index in [0.29, 0.717) is 11.4 Å². The molecular formula is C11H14ClFN2O. The van der Waals surface area contributed by atoms with Gasteiger partial charge in [-0.15, -0.1) is 0 Å². The van der Waals surface area contributed by atoms with Gasteiger partial charge in [0.2, 0.25) is 0 Å². The van der Waals surface area contributed by atoms with Gasteiger partial charge in [-0.1, -0.05) is 11.6 Å². The molecule has 2 rings (SSSR count). The zero-order valence-corrected chi connectivity index (χ0v) is 9.52. The van der Waals surface area contributed by atoms with Crippen LogP contribution in [0.3, 0.4) is 0 Å². The third-order valence-electron chi connectivity index (χ3n) is 3.11. The fourth-order valence-electron chi connectivity index (χ4n) is 1.88. The van der Waals surface area contributed by atoms with Crippen LogP contribution in [0.2, 0.25) is 5.02 Å². The van der Waals surface area contributed by atoms with Crippen LogP contribution >= 0.6 is 11.6 Å². The second-order valence-corrected chi connectivity index (χ2v) is 4.68. The highest BCUT2D eigenvalue weighted by atomic mass is 35.5. The van der Waals surface area contributed by atoms with Crippen molar-refractivity contribution in [3.05, 3.63) is 23.0 Å². The summed E-state index contributed by atoms with van der Waals surface area (Å²) < 4.78 is 13.1. The Morgan fingerprint density at radius 2 is 2.19 bits per heavy atom. The summed E-state index contributed by atoms with van der Waals surface area (Å²) in [7, 11) is 0. The lowest BCUT2D eigenvalue weighted by atomic mass is 9.77. The van der Waals surface area contributed by atoms with E-state index in [2.05, 4.69) is 5.32 Å². The van der Waals surface area contributed by atoms with E-state index in [9.17, 15) is 9.50 Å². The van der Waals surface area contributed by atoms with Gasteiger partial charge in [0.05, 0.1) is 28.5 Å². The Labute approximate surface area is 98.4 Å². The van der Waals surface area contributed by atoms with Crippen LogP contribution in [0.1, 0.15) is 19.3 Å². The zero-order valence-electron chi connectivity index (χ0n) is 8.76. The molecule has 0 aromatic heterocycles. The average Bonchev–Trinajstić information content (AvgIpc) is 2.19. The minimum absolute atomic E-state index is 0.0316. The zero-order chi connectivity index (χ0) is 11.8. The molecule has 1 aliphatic rings. The first-order valence-corrected chi connectivity index (χ1v) is 5.58. The standard InChI is InChI=1S/C11H14ClFN2O/c12-7-4-10(9(14)5-8(7)13)15-11(6-16)2-1-3-11/h4-5,15-16H,1-3,6,14H2. The highest BCUT2D eigenvalue weighted by Crippen LogP contribution is 2.37. The Kier molecular flexibility index (Phi) is 2.95. The summed E-state index contributed by atoms with van der Waals surface area (Å²) in [6, 6.07) is 2.65. The first-order chi connectivity index (χ1) is 7.56. The largest absolute Gasteiger partial charge is 0.397 e. The van der Waals surface area contributed by atoms with Gasteiger partial charge in [0, 0.05) is 6.07 Å². The van der Waals surface area contributed by atoms with Gasteiger partial charge in [0.1, 0.15) is 5.82 Å². The number of nitrogens with one attached hydrogen (secondary N) is 1. The number of halogens is 2. The number of aliphatic hydroxyl groups is 1. The average molecular weight is 245 g/mol. The van der Waals surface area contributed by atoms with Gasteiger partial charge in [0.25, 0.3) is 0 Å². The van der Waals surface area contributed by atoms with E-state index in [4.69, 9.17) is 17.3 Å². The molecule has 88 valence electrons. The number of anilines is 2. The van der Waals surface area contributed by atoms with Crippen molar-refractivity contribution >= 4 is 23.0 Å². The van der Waals surface area contributed by atoms with Gasteiger partial charge < -0.3 is 16.2 Å². The molecule has 1 saturated carbocycles. The number of hydrogen-bond donors (Lipinski definition) is 3. The van der Waals surface area contributed by atoms with Crippen LogP contribution in [-0.2, 0) is 0 Å². The lowest BCUT2D eigenvalue weighted by molar-refractivity contribution is 0.144. The summed E-state index contributed by atoms with van der Waals surface area (Å²) in [5, 5.41) is 12.5. The van der Waals surface area contributed by atoms with E-state index in [1.807, 2.05) is 0 Å². The molecule has 0 heterocycles. The monoisotopic (exact) mass is 244 g/mol. The number of nitrogens with two attached hydrogens (primary N) is 1. The minimum atomic E-state index is -0.531. The van der Waals surface area contributed by atoms with Gasteiger partial charge in [0.15, 0.2) is 0 Å². The van der Waals surface area contributed by atoms with Gasteiger partial charge in [-0.3, -0.25) is 0 Å². The molecule has 1 aromatic rings. The van der Waals surface area contributed by atoms with E-state index in [1.54, 1.807) is 0 Å². The molecule has 0 radical (unpaired) electrons. The van der Waals surface area contributed by atoms with E-state index >= 15 is 0 Å². The Hall–Kier alpha value is -1.00. The molecule has 1 aliphatic carbocycles. The molecule has 0 atom stereocenters. The van der Waals surface area contributed by atoms with Crippen molar-refractivity contribution < 1.29 is 9.50 Å². The minimum Gasteiger partial charge on any atom is -0.397 e. The van der Waals surface area contributed by atoms with E-state index in [1.165, 1.54) is 12.1 Å². The van der Waals surface area contributed by atoms with Crippen molar-refractivity contribution in [2.45, 2.75) is 24.8 Å². The third kappa shape index (κ3) is 1.95. The fourth-order valence-corrected chi connectivity index (χ4v) is 2.05. The topological polar surface area (TPSA) is 58.3 Å². The molecule has 1 aromatic carbocycles. The molecule has 3 nitrogen and oxygen atoms in total. The fraction of sp³-hybridized carbons (Fsp3) is 0.455. The molecule has 0 saturated heterocycles. The van der Waals surface area contributed by atoms with Crippen LogP contribution in [0.4, 0.5) is 15.8 Å². The molecular weight excluding hydrogens is 231 g/mol. The molecule has 0 unspecified atom stereocenters. The van der Waals surface area contributed by atoms with Crippen molar-refractivity contribution in [2.24, 2.45) is 0 Å². The first kappa shape index (κ1) is 11.5. The molecule has 1 fully saturated rings. The maximum absolute atomic E-state index is 13.1. The van der Waals surface area contributed by atoms with Gasteiger partial charge in [-0.2, -0.15) is 0 Å². The lowest BCUT2D eigenvalue weighted by Gasteiger charge is -2.42. The Balaban J connectivity index is 2.24. The van der Waals surface area contributed by atoms with Crippen LogP contribution in [0.5, 0.6) is 0 Å². The summed E-state index contributed by atoms with van der Waals surface area (Å²) >= 11 is 5.69. The molecule has 0 bridgehead atoms. The van der Waals surface area contributed by atoms with E-state index in [0.717, 1.165) is 19.3 Å². The summed E-state index contributed by atoms with van der Waals surface area (Å²) in [6.45, 7) is 0.0431. The highest BCUT2D eigenvalue weighted by Gasteiger charge is 2.36. The van der Waals surface area contributed by atoms with Gasteiger partial charge >= 0.3 is 0 Å². The summed E-state index contributed by atoms with van der Waals surface area (Å²) in [6.07, 6.45) is 2.85. The molecule has 4 N–H and O–H groups in total. The molecule has 0 amide bonds. The number of nitrogen functional groups attached to an aromatic ring is 1. The van der Waals surface area contributed by atoms with Crippen LogP contribution < -0.4 is 11.1 Å². The summed E-state index contributed by atoms with van der Waals surface area (Å²) in [5.74, 6) is -0.531. The third-order valence-corrected chi connectivity index (χ3v) is 3.40. The van der Waals surface area contributed by atoms with Crippen LogP contribution in [0.15, 0.2) is 12.1 Å². The Bertz CT molecular complexity index is 402. The Morgan fingerprint density at radius 3 is 2.69 bits per heavy atom. The predicted octanol–water partition coefficient (Wildman–Crippen LogP) is 2.39. The summed E-state index contributed by atoms with van der Waals surface area (Å²) in [5.41, 5.74) is 6.27. The van der Waals surface area contributed by atoms with E-state index < -0.39 is 5.82 Å². The second-order valence-electron chi connectivity index (χ2n) is 4.27. The second kappa shape index (κ2) is 4.11.